The molecule has 0 atom stereocenters. The van der Waals surface area contributed by atoms with Gasteiger partial charge in [-0.1, -0.05) is 46.0 Å². The quantitative estimate of drug-likeness (QED) is 0.546. The maximum atomic E-state index is 5.63. The van der Waals surface area contributed by atoms with Crippen molar-refractivity contribution in [2.45, 2.75) is 57.8 Å². The van der Waals surface area contributed by atoms with Crippen LogP contribution >= 0.6 is 0 Å². The minimum atomic E-state index is -0.329. The maximum Gasteiger partial charge on any atom is 0.145 e. The number of hydrogen-bond donors (Lipinski definition) is 0. The fourth-order valence-corrected chi connectivity index (χ4v) is 3.14. The third-order valence-corrected chi connectivity index (χ3v) is 6.70. The van der Waals surface area contributed by atoms with E-state index in [2.05, 4.69) is 13.8 Å². The Morgan fingerprint density at radius 2 is 1.56 bits per heavy atom. The van der Waals surface area contributed by atoms with Crippen LogP contribution in [0.25, 0.3) is 0 Å². The fourth-order valence-electron chi connectivity index (χ4n) is 2.93. The number of methoxy groups -OCH3 is 2. The van der Waals surface area contributed by atoms with Crippen LogP contribution in [0.4, 0.5) is 0 Å². The topological polar surface area (TPSA) is 18.5 Å². The molecule has 0 unspecified atom stereocenters. The lowest BCUT2D eigenvalue weighted by molar-refractivity contribution is -0.211. The molecule has 2 nitrogen and oxygen atoms in total. The molecule has 1 aliphatic rings. The van der Waals surface area contributed by atoms with E-state index in [0.29, 0.717) is 0 Å². The Morgan fingerprint density at radius 3 is 2.00 bits per heavy atom. The molecule has 3 heteroatoms. The molecule has 0 aromatic heterocycles. The van der Waals surface area contributed by atoms with Crippen LogP contribution in [-0.4, -0.2) is 29.9 Å². The number of ether oxygens (including phenoxy) is 2. The van der Waals surface area contributed by atoms with Crippen molar-refractivity contribution in [3.63, 3.8) is 0 Å². The summed E-state index contributed by atoms with van der Waals surface area (Å²) in [6, 6.07) is 0. The van der Waals surface area contributed by atoms with Gasteiger partial charge in [-0.25, -0.2) is 0 Å². The van der Waals surface area contributed by atoms with Crippen LogP contribution in [-0.2, 0) is 9.47 Å². The zero-order valence-corrected chi connectivity index (χ0v) is 13.6. The van der Waals surface area contributed by atoms with Crippen molar-refractivity contribution in [3.05, 3.63) is 0 Å². The highest BCUT2D eigenvalue weighted by molar-refractivity contribution is 6.14. The van der Waals surface area contributed by atoms with E-state index in [1.807, 2.05) is 0 Å². The van der Waals surface area contributed by atoms with E-state index >= 15 is 0 Å². The van der Waals surface area contributed by atoms with Crippen LogP contribution in [0.5, 0.6) is 0 Å². The summed E-state index contributed by atoms with van der Waals surface area (Å²) in [6.07, 6.45) is 8.28. The normalized spacial score (nSPS) is 20.2. The molecule has 16 heavy (non-hydrogen) atoms. The molecule has 96 valence electrons. The molecule has 0 radical (unpaired) electrons. The Bertz CT molecular complexity index is 206. The molecule has 1 fully saturated rings. The van der Waals surface area contributed by atoms with Crippen LogP contribution in [0, 0.1) is 11.3 Å². The predicted octanol–water partition coefficient (Wildman–Crippen LogP) is 2.30. The first-order chi connectivity index (χ1) is 7.45. The number of hydrogen-bond acceptors (Lipinski definition) is 2. The van der Waals surface area contributed by atoms with Crippen molar-refractivity contribution in [1.82, 2.24) is 0 Å². The van der Waals surface area contributed by atoms with E-state index in [4.69, 9.17) is 9.47 Å². The second-order valence-electron chi connectivity index (χ2n) is 5.95. The van der Waals surface area contributed by atoms with Gasteiger partial charge in [0.1, 0.15) is 5.41 Å². The van der Waals surface area contributed by atoms with Gasteiger partial charge in [-0.05, 0) is 12.3 Å². The van der Waals surface area contributed by atoms with Gasteiger partial charge in [-0.3, -0.25) is 0 Å². The molecule has 0 bridgehead atoms. The molecule has 0 aromatic rings. The van der Waals surface area contributed by atoms with Crippen molar-refractivity contribution in [2.24, 2.45) is 11.3 Å². The van der Waals surface area contributed by atoms with Crippen molar-refractivity contribution < 1.29 is 9.47 Å². The van der Waals surface area contributed by atoms with E-state index < -0.39 is 0 Å². The molecule has 0 saturated heterocycles. The first kappa shape index (κ1) is 14.2. The van der Waals surface area contributed by atoms with Gasteiger partial charge in [0.2, 0.25) is 0 Å². The summed E-state index contributed by atoms with van der Waals surface area (Å²) in [5.74, 6) is 0.877. The molecule has 0 aliphatic heterocycles. The van der Waals surface area contributed by atoms with Crippen molar-refractivity contribution in [2.75, 3.05) is 14.2 Å². The van der Waals surface area contributed by atoms with Crippen LogP contribution in [0.3, 0.4) is 0 Å². The Kier molecular flexibility index (Phi) is 5.01. The van der Waals surface area contributed by atoms with Crippen molar-refractivity contribution in [1.29, 1.82) is 0 Å². The molecule has 0 spiro atoms. The van der Waals surface area contributed by atoms with Gasteiger partial charge in [0.15, 0.2) is 0 Å². The van der Waals surface area contributed by atoms with Gasteiger partial charge in [0.05, 0.1) is 10.2 Å². The summed E-state index contributed by atoms with van der Waals surface area (Å²) in [5, 5.41) is 0. The minimum absolute atomic E-state index is 0.130. The molecular formula is C13H28O2Si. The lowest BCUT2D eigenvalue weighted by Crippen LogP contribution is -2.49. The Morgan fingerprint density at radius 1 is 1.06 bits per heavy atom. The smallest absolute Gasteiger partial charge is 0.145 e. The SMILES string of the molecule is COC([SiH3])(OC)C(C)(C)CC1CCCCC1. The van der Waals surface area contributed by atoms with Gasteiger partial charge in [-0.15, -0.1) is 0 Å². The second kappa shape index (κ2) is 5.65. The Hall–Kier alpha value is 0.137. The van der Waals surface area contributed by atoms with Crippen molar-refractivity contribution in [3.8, 4) is 0 Å². The van der Waals surface area contributed by atoms with Gasteiger partial charge in [0.25, 0.3) is 0 Å². The van der Waals surface area contributed by atoms with Gasteiger partial charge >= 0.3 is 0 Å². The summed E-state index contributed by atoms with van der Waals surface area (Å²) < 4.78 is 11.3. The van der Waals surface area contributed by atoms with Gasteiger partial charge in [0, 0.05) is 19.6 Å². The molecule has 1 rings (SSSR count). The van der Waals surface area contributed by atoms with Crippen LogP contribution < -0.4 is 0 Å². The minimum Gasteiger partial charge on any atom is -0.358 e. The summed E-state index contributed by atoms with van der Waals surface area (Å²) in [6.45, 7) is 4.59. The summed E-state index contributed by atoms with van der Waals surface area (Å²) in [5.41, 5.74) is -0.199. The summed E-state index contributed by atoms with van der Waals surface area (Å²) >= 11 is 0. The van der Waals surface area contributed by atoms with Gasteiger partial charge in [-0.2, -0.15) is 0 Å². The van der Waals surface area contributed by atoms with Crippen LogP contribution in [0.2, 0.25) is 0 Å². The highest BCUT2D eigenvalue weighted by Crippen LogP contribution is 2.41. The predicted molar refractivity (Wildman–Crippen MR) is 71.7 cm³/mol. The van der Waals surface area contributed by atoms with E-state index in [1.165, 1.54) is 38.5 Å². The zero-order chi connectivity index (χ0) is 12.2. The zero-order valence-electron chi connectivity index (χ0n) is 11.6. The first-order valence-corrected chi connectivity index (χ1v) is 7.55. The highest BCUT2D eigenvalue weighted by atomic mass is 28.1. The van der Waals surface area contributed by atoms with Crippen LogP contribution in [0.1, 0.15) is 52.4 Å². The molecule has 0 heterocycles. The molecule has 1 saturated carbocycles. The third-order valence-electron chi connectivity index (χ3n) is 4.53. The molecule has 0 N–H and O–H groups in total. The second-order valence-corrected chi connectivity index (χ2v) is 7.26. The highest BCUT2D eigenvalue weighted by Gasteiger charge is 2.42. The van der Waals surface area contributed by atoms with E-state index in [9.17, 15) is 0 Å². The van der Waals surface area contributed by atoms with E-state index in [0.717, 1.165) is 16.2 Å². The Labute approximate surface area is 104 Å². The average molecular weight is 244 g/mol. The maximum absolute atomic E-state index is 5.63. The standard InChI is InChI=1S/C13H28O2Si/c1-12(2,13(16,14-3)15-4)10-11-8-6-5-7-9-11/h11H,5-10H2,1-4,16H3. The lowest BCUT2D eigenvalue weighted by Gasteiger charge is -2.44. The fraction of sp³-hybridized carbons (Fsp3) is 1.00. The molecule has 0 amide bonds. The van der Waals surface area contributed by atoms with Gasteiger partial charge < -0.3 is 9.47 Å². The average Bonchev–Trinajstić information content (AvgIpc) is 2.28. The number of rotatable bonds is 5. The van der Waals surface area contributed by atoms with E-state index in [-0.39, 0.29) is 10.8 Å². The molecule has 0 aromatic carbocycles. The van der Waals surface area contributed by atoms with E-state index in [1.54, 1.807) is 14.2 Å². The molecular weight excluding hydrogens is 216 g/mol. The largest absolute Gasteiger partial charge is 0.358 e. The monoisotopic (exact) mass is 244 g/mol. The third kappa shape index (κ3) is 3.08. The van der Waals surface area contributed by atoms with Crippen molar-refractivity contribution >= 4 is 10.2 Å². The van der Waals surface area contributed by atoms with Crippen LogP contribution in [0.15, 0.2) is 0 Å². The first-order valence-electron chi connectivity index (χ1n) is 6.55. The Balaban J connectivity index is 2.61. The summed E-state index contributed by atoms with van der Waals surface area (Å²) in [7, 11) is 4.47. The summed E-state index contributed by atoms with van der Waals surface area (Å²) in [4.78, 5) is 0. The lowest BCUT2D eigenvalue weighted by atomic mass is 9.76. The molecule has 1 aliphatic carbocycles.